The molecule has 1 aliphatic rings. The van der Waals surface area contributed by atoms with E-state index in [1.54, 1.807) is 6.07 Å². The predicted molar refractivity (Wildman–Crippen MR) is 74.3 cm³/mol. The number of pyridine rings is 1. The molecule has 0 saturated heterocycles. The van der Waals surface area contributed by atoms with E-state index in [1.165, 1.54) is 12.3 Å². The number of carboxylic acids is 1. The molecule has 0 aliphatic heterocycles. The van der Waals surface area contributed by atoms with Crippen LogP contribution in [0, 0.1) is 11.8 Å². The number of carbonyl (C=O) groups excluding carboxylic acids is 1. The largest absolute Gasteiger partial charge is 0.477 e. The van der Waals surface area contributed by atoms with Crippen LogP contribution in [0.2, 0.25) is 0 Å². The minimum absolute atomic E-state index is 0.0146. The van der Waals surface area contributed by atoms with Crippen LogP contribution in [0.15, 0.2) is 18.3 Å². The third-order valence-electron chi connectivity index (χ3n) is 3.80. The Morgan fingerprint density at radius 2 is 2.05 bits per heavy atom. The van der Waals surface area contributed by atoms with Crippen molar-refractivity contribution in [1.82, 2.24) is 4.98 Å². The summed E-state index contributed by atoms with van der Waals surface area (Å²) in [5.41, 5.74) is 6.03. The van der Waals surface area contributed by atoms with Crippen LogP contribution >= 0.6 is 0 Å². The molecule has 0 radical (unpaired) electrons. The number of hydrogen-bond acceptors (Lipinski definition) is 4. The van der Waals surface area contributed by atoms with Crippen LogP contribution < -0.4 is 11.1 Å². The zero-order chi connectivity index (χ0) is 14.5. The lowest BCUT2D eigenvalue weighted by atomic mass is 9.81. The number of hydrogen-bond donors (Lipinski definition) is 3. The van der Waals surface area contributed by atoms with Crippen LogP contribution in [0.25, 0.3) is 0 Å². The van der Waals surface area contributed by atoms with Gasteiger partial charge in [0.1, 0.15) is 5.69 Å². The van der Waals surface area contributed by atoms with Crippen molar-refractivity contribution in [3.8, 4) is 0 Å². The van der Waals surface area contributed by atoms with E-state index in [9.17, 15) is 9.59 Å². The molecular formula is C14H19N3O3. The van der Waals surface area contributed by atoms with Crippen LogP contribution in [0.4, 0.5) is 5.69 Å². The van der Waals surface area contributed by atoms with Gasteiger partial charge in [-0.25, -0.2) is 9.78 Å². The summed E-state index contributed by atoms with van der Waals surface area (Å²) >= 11 is 0. The van der Waals surface area contributed by atoms with Gasteiger partial charge in [-0.2, -0.15) is 0 Å². The molecule has 108 valence electrons. The van der Waals surface area contributed by atoms with Gasteiger partial charge in [-0.1, -0.05) is 0 Å². The van der Waals surface area contributed by atoms with Crippen molar-refractivity contribution < 1.29 is 14.7 Å². The van der Waals surface area contributed by atoms with E-state index in [-0.39, 0.29) is 17.5 Å². The van der Waals surface area contributed by atoms with Crippen molar-refractivity contribution in [3.05, 3.63) is 24.0 Å². The van der Waals surface area contributed by atoms with E-state index < -0.39 is 5.97 Å². The van der Waals surface area contributed by atoms with Gasteiger partial charge in [-0.15, -0.1) is 0 Å². The first-order chi connectivity index (χ1) is 9.60. The smallest absolute Gasteiger partial charge is 0.354 e. The molecule has 2 rings (SSSR count). The molecule has 0 aromatic carbocycles. The number of nitrogens with two attached hydrogens (primary N) is 1. The molecular weight excluding hydrogens is 258 g/mol. The first-order valence-electron chi connectivity index (χ1n) is 6.80. The summed E-state index contributed by atoms with van der Waals surface area (Å²) in [5.74, 6) is -0.648. The molecule has 1 saturated carbocycles. The molecule has 0 unspecified atom stereocenters. The van der Waals surface area contributed by atoms with Crippen molar-refractivity contribution in [2.45, 2.75) is 25.7 Å². The molecule has 20 heavy (non-hydrogen) atoms. The molecule has 0 spiro atoms. The second-order valence-electron chi connectivity index (χ2n) is 5.18. The Morgan fingerprint density at radius 3 is 2.65 bits per heavy atom. The van der Waals surface area contributed by atoms with Gasteiger partial charge in [0.2, 0.25) is 5.91 Å². The Labute approximate surface area is 117 Å². The molecule has 6 nitrogen and oxygen atoms in total. The third-order valence-corrected chi connectivity index (χ3v) is 3.80. The number of rotatable bonds is 4. The fraction of sp³-hybridized carbons (Fsp3) is 0.500. The van der Waals surface area contributed by atoms with E-state index in [0.29, 0.717) is 18.2 Å². The van der Waals surface area contributed by atoms with E-state index in [1.807, 2.05) is 0 Å². The highest BCUT2D eigenvalue weighted by atomic mass is 16.4. The Morgan fingerprint density at radius 1 is 1.35 bits per heavy atom. The zero-order valence-corrected chi connectivity index (χ0v) is 11.2. The maximum atomic E-state index is 12.1. The minimum Gasteiger partial charge on any atom is -0.477 e. The summed E-state index contributed by atoms with van der Waals surface area (Å²) in [7, 11) is 0. The van der Waals surface area contributed by atoms with Crippen LogP contribution in [0.5, 0.6) is 0 Å². The first kappa shape index (κ1) is 14.5. The van der Waals surface area contributed by atoms with Crippen molar-refractivity contribution in [2.24, 2.45) is 17.6 Å². The van der Waals surface area contributed by atoms with E-state index in [4.69, 9.17) is 10.8 Å². The van der Waals surface area contributed by atoms with E-state index in [0.717, 1.165) is 25.7 Å². The van der Waals surface area contributed by atoms with Gasteiger partial charge in [0.15, 0.2) is 0 Å². The van der Waals surface area contributed by atoms with Crippen molar-refractivity contribution in [1.29, 1.82) is 0 Å². The Balaban J connectivity index is 1.95. The molecule has 1 heterocycles. The number of aromatic carboxylic acids is 1. The summed E-state index contributed by atoms with van der Waals surface area (Å²) in [6.07, 6.45) is 5.01. The lowest BCUT2D eigenvalue weighted by Gasteiger charge is -2.26. The second kappa shape index (κ2) is 6.47. The molecule has 0 atom stereocenters. The molecule has 1 aromatic rings. The summed E-state index contributed by atoms with van der Waals surface area (Å²) in [6.45, 7) is 0.681. The average Bonchev–Trinajstić information content (AvgIpc) is 2.47. The average molecular weight is 277 g/mol. The summed E-state index contributed by atoms with van der Waals surface area (Å²) < 4.78 is 0. The molecule has 1 amide bonds. The molecule has 1 fully saturated rings. The van der Waals surface area contributed by atoms with Gasteiger partial charge < -0.3 is 16.2 Å². The number of anilines is 1. The number of aromatic nitrogens is 1. The molecule has 1 aromatic heterocycles. The van der Waals surface area contributed by atoms with Gasteiger partial charge in [0.25, 0.3) is 0 Å². The maximum absolute atomic E-state index is 12.1. The van der Waals surface area contributed by atoms with Crippen molar-refractivity contribution in [3.63, 3.8) is 0 Å². The maximum Gasteiger partial charge on any atom is 0.354 e. The number of carbonyl (C=O) groups is 2. The van der Waals surface area contributed by atoms with E-state index >= 15 is 0 Å². The fourth-order valence-corrected chi connectivity index (χ4v) is 2.53. The second-order valence-corrected chi connectivity index (χ2v) is 5.18. The Kier molecular flexibility index (Phi) is 4.68. The lowest BCUT2D eigenvalue weighted by molar-refractivity contribution is -0.121. The molecule has 4 N–H and O–H groups in total. The quantitative estimate of drug-likeness (QED) is 0.773. The predicted octanol–water partition coefficient (Wildman–Crippen LogP) is 1.48. The number of amides is 1. The van der Waals surface area contributed by atoms with Crippen LogP contribution in [0.1, 0.15) is 36.2 Å². The van der Waals surface area contributed by atoms with Crippen molar-refractivity contribution in [2.75, 3.05) is 11.9 Å². The number of nitrogens with one attached hydrogen (secondary N) is 1. The summed E-state index contributed by atoms with van der Waals surface area (Å²) in [6, 6.07) is 2.96. The summed E-state index contributed by atoms with van der Waals surface area (Å²) in [4.78, 5) is 26.7. The Hall–Kier alpha value is -1.95. The van der Waals surface area contributed by atoms with Gasteiger partial charge in [0, 0.05) is 17.8 Å². The molecule has 6 heteroatoms. The Bertz CT molecular complexity index is 496. The third kappa shape index (κ3) is 3.54. The van der Waals surface area contributed by atoms with Crippen LogP contribution in [0.3, 0.4) is 0 Å². The highest BCUT2D eigenvalue weighted by Crippen LogP contribution is 2.29. The van der Waals surface area contributed by atoms with E-state index in [2.05, 4.69) is 10.3 Å². The highest BCUT2D eigenvalue weighted by Gasteiger charge is 2.25. The lowest BCUT2D eigenvalue weighted by Crippen LogP contribution is -2.29. The van der Waals surface area contributed by atoms with Crippen molar-refractivity contribution >= 4 is 17.6 Å². The van der Waals surface area contributed by atoms with Gasteiger partial charge in [0.05, 0.1) is 0 Å². The topological polar surface area (TPSA) is 105 Å². The van der Waals surface area contributed by atoms with Gasteiger partial charge in [-0.05, 0) is 50.3 Å². The zero-order valence-electron chi connectivity index (χ0n) is 11.2. The fourth-order valence-electron chi connectivity index (χ4n) is 2.53. The van der Waals surface area contributed by atoms with Crippen LogP contribution in [-0.4, -0.2) is 28.5 Å². The molecule has 1 aliphatic carbocycles. The first-order valence-corrected chi connectivity index (χ1v) is 6.80. The summed E-state index contributed by atoms with van der Waals surface area (Å²) in [5, 5.41) is 11.6. The molecule has 0 bridgehead atoms. The standard InChI is InChI=1S/C14H19N3O3/c15-8-9-1-3-10(4-2-9)13(18)17-11-5-6-16-12(7-11)14(19)20/h5-7,9-10H,1-4,8,15H2,(H,19,20)(H,16,17,18). The SMILES string of the molecule is NCC1CCC(C(=O)Nc2ccnc(C(=O)O)c2)CC1. The normalized spacial score (nSPS) is 22.2. The van der Waals surface area contributed by atoms with Gasteiger partial charge in [-0.3, -0.25) is 4.79 Å². The monoisotopic (exact) mass is 277 g/mol. The minimum atomic E-state index is -1.11. The highest BCUT2D eigenvalue weighted by molar-refractivity contribution is 5.94. The van der Waals surface area contributed by atoms with Gasteiger partial charge >= 0.3 is 5.97 Å². The van der Waals surface area contributed by atoms with Crippen LogP contribution in [-0.2, 0) is 4.79 Å². The number of carboxylic acid groups (broad SMARTS) is 1. The number of nitrogens with zero attached hydrogens (tertiary/aromatic N) is 1.